The molecule has 0 heterocycles. The number of carbonyl (C=O) groups is 3. The fourth-order valence-corrected chi connectivity index (χ4v) is 1.85. The van der Waals surface area contributed by atoms with Gasteiger partial charge in [-0.3, -0.25) is 4.79 Å². The number of esters is 2. The highest BCUT2D eigenvalue weighted by Gasteiger charge is 2.53. The minimum atomic E-state index is -2.72. The summed E-state index contributed by atoms with van der Waals surface area (Å²) in [6.07, 6.45) is 1.10. The topological polar surface area (TPSA) is 108 Å². The second-order valence-electron chi connectivity index (χ2n) is 5.16. The maximum Gasteiger partial charge on any atom is 0.383 e. The van der Waals surface area contributed by atoms with E-state index in [2.05, 4.69) is 4.99 Å². The number of benzene rings is 1. The SMILES string of the molecule is CCOC(=O)C(N=C=O)(OC(=O)COc1ccccc1)C(=O)C(C)C. The summed E-state index contributed by atoms with van der Waals surface area (Å²) < 4.78 is 14.9. The zero-order valence-corrected chi connectivity index (χ0v) is 14.2. The quantitative estimate of drug-likeness (QED) is 0.287. The monoisotopic (exact) mass is 349 g/mol. The standard InChI is InChI=1S/C17H19NO7/c1-4-23-16(22)17(18-11-19,15(21)12(2)3)25-14(20)10-24-13-8-6-5-7-9-13/h5-9,12H,4,10H2,1-3H3. The Morgan fingerprint density at radius 3 is 2.36 bits per heavy atom. The molecule has 134 valence electrons. The van der Waals surface area contributed by atoms with Crippen molar-refractivity contribution in [3.63, 3.8) is 0 Å². The third kappa shape index (κ3) is 5.26. The van der Waals surface area contributed by atoms with Gasteiger partial charge in [0.15, 0.2) is 6.61 Å². The summed E-state index contributed by atoms with van der Waals surface area (Å²) in [6, 6.07) is 8.37. The van der Waals surface area contributed by atoms with Crippen LogP contribution in [0, 0.1) is 5.92 Å². The molecule has 8 heteroatoms. The molecule has 1 atom stereocenters. The van der Waals surface area contributed by atoms with Gasteiger partial charge in [0.2, 0.25) is 11.9 Å². The molecule has 1 aromatic carbocycles. The van der Waals surface area contributed by atoms with E-state index in [1.807, 2.05) is 0 Å². The minimum absolute atomic E-state index is 0.0988. The van der Waals surface area contributed by atoms with Crippen molar-refractivity contribution >= 4 is 23.8 Å². The zero-order valence-electron chi connectivity index (χ0n) is 14.2. The van der Waals surface area contributed by atoms with Crippen LogP contribution in [0.5, 0.6) is 5.75 Å². The average Bonchev–Trinajstić information content (AvgIpc) is 2.59. The summed E-state index contributed by atoms with van der Waals surface area (Å²) in [4.78, 5) is 50.5. The molecular weight excluding hydrogens is 330 g/mol. The van der Waals surface area contributed by atoms with Crippen LogP contribution in [-0.2, 0) is 28.7 Å². The largest absolute Gasteiger partial charge is 0.482 e. The third-order valence-corrected chi connectivity index (χ3v) is 2.98. The van der Waals surface area contributed by atoms with Crippen LogP contribution < -0.4 is 4.74 Å². The van der Waals surface area contributed by atoms with Crippen LogP contribution in [-0.4, -0.2) is 42.7 Å². The molecule has 0 amide bonds. The molecule has 1 aromatic rings. The van der Waals surface area contributed by atoms with Gasteiger partial charge in [-0.25, -0.2) is 14.4 Å². The van der Waals surface area contributed by atoms with Crippen molar-refractivity contribution < 1.29 is 33.4 Å². The van der Waals surface area contributed by atoms with Gasteiger partial charge in [0.05, 0.1) is 6.61 Å². The van der Waals surface area contributed by atoms with E-state index in [9.17, 15) is 19.2 Å². The second kappa shape index (κ2) is 9.34. The van der Waals surface area contributed by atoms with Gasteiger partial charge in [-0.15, -0.1) is 4.99 Å². The van der Waals surface area contributed by atoms with Gasteiger partial charge < -0.3 is 14.2 Å². The number of isocyanates is 1. The van der Waals surface area contributed by atoms with E-state index in [1.54, 1.807) is 30.3 Å². The van der Waals surface area contributed by atoms with Gasteiger partial charge in [-0.05, 0) is 19.1 Å². The van der Waals surface area contributed by atoms with Crippen molar-refractivity contribution in [1.29, 1.82) is 0 Å². The Balaban J connectivity index is 3.01. The minimum Gasteiger partial charge on any atom is -0.482 e. The number of para-hydroxylation sites is 1. The fraction of sp³-hybridized carbons (Fsp3) is 0.412. The fourth-order valence-electron chi connectivity index (χ4n) is 1.85. The molecule has 0 fully saturated rings. The Morgan fingerprint density at radius 2 is 1.84 bits per heavy atom. The summed E-state index contributed by atoms with van der Waals surface area (Å²) in [6.45, 7) is 3.73. The molecule has 0 aliphatic heterocycles. The van der Waals surface area contributed by atoms with Crippen molar-refractivity contribution in [1.82, 2.24) is 0 Å². The predicted octanol–water partition coefficient (Wildman–Crippen LogP) is 1.43. The summed E-state index contributed by atoms with van der Waals surface area (Å²) in [5.74, 6) is -3.60. The van der Waals surface area contributed by atoms with Crippen molar-refractivity contribution in [3.05, 3.63) is 30.3 Å². The third-order valence-electron chi connectivity index (χ3n) is 2.98. The predicted molar refractivity (Wildman–Crippen MR) is 85.4 cm³/mol. The number of hydrogen-bond acceptors (Lipinski definition) is 8. The second-order valence-corrected chi connectivity index (χ2v) is 5.16. The average molecular weight is 349 g/mol. The first-order chi connectivity index (χ1) is 11.9. The molecule has 0 saturated heterocycles. The van der Waals surface area contributed by atoms with E-state index >= 15 is 0 Å². The highest BCUT2D eigenvalue weighted by Crippen LogP contribution is 2.22. The Kier molecular flexibility index (Phi) is 7.49. The number of ketones is 1. The van der Waals surface area contributed by atoms with Gasteiger partial charge in [0.25, 0.3) is 0 Å². The Labute approximate surface area is 144 Å². The van der Waals surface area contributed by atoms with Gasteiger partial charge in [-0.1, -0.05) is 32.0 Å². The van der Waals surface area contributed by atoms with E-state index in [1.165, 1.54) is 20.8 Å². The van der Waals surface area contributed by atoms with Gasteiger partial charge in [0, 0.05) is 5.92 Å². The summed E-state index contributed by atoms with van der Waals surface area (Å²) in [5.41, 5.74) is -2.72. The van der Waals surface area contributed by atoms with E-state index in [4.69, 9.17) is 14.2 Å². The first kappa shape index (κ1) is 20.1. The van der Waals surface area contributed by atoms with Crippen molar-refractivity contribution in [2.24, 2.45) is 10.9 Å². The zero-order chi connectivity index (χ0) is 18.9. The van der Waals surface area contributed by atoms with Gasteiger partial charge >= 0.3 is 17.7 Å². The molecule has 1 unspecified atom stereocenters. The number of aliphatic imine (C=N–C) groups is 1. The first-order valence-corrected chi connectivity index (χ1v) is 7.57. The van der Waals surface area contributed by atoms with Crippen LogP contribution in [0.1, 0.15) is 20.8 Å². The highest BCUT2D eigenvalue weighted by molar-refractivity contribution is 6.09. The molecule has 0 aliphatic carbocycles. The number of hydrogen-bond donors (Lipinski definition) is 0. The molecule has 0 bridgehead atoms. The summed E-state index contributed by atoms with van der Waals surface area (Å²) in [5, 5.41) is 0. The lowest BCUT2D eigenvalue weighted by atomic mass is 9.98. The molecule has 0 saturated carbocycles. The van der Waals surface area contributed by atoms with Crippen LogP contribution in [0.15, 0.2) is 35.3 Å². The van der Waals surface area contributed by atoms with E-state index in [-0.39, 0.29) is 6.61 Å². The molecule has 0 N–H and O–H groups in total. The lowest BCUT2D eigenvalue weighted by Gasteiger charge is -2.25. The van der Waals surface area contributed by atoms with E-state index < -0.39 is 36.0 Å². The van der Waals surface area contributed by atoms with Crippen molar-refractivity contribution in [2.45, 2.75) is 26.5 Å². The van der Waals surface area contributed by atoms with Gasteiger partial charge in [0.1, 0.15) is 5.75 Å². The molecule has 0 radical (unpaired) electrons. The number of rotatable bonds is 9. The molecule has 0 spiro atoms. The van der Waals surface area contributed by atoms with Crippen LogP contribution in [0.3, 0.4) is 0 Å². The Morgan fingerprint density at radius 1 is 1.20 bits per heavy atom. The van der Waals surface area contributed by atoms with Crippen molar-refractivity contribution in [3.8, 4) is 5.75 Å². The normalized spacial score (nSPS) is 12.5. The van der Waals surface area contributed by atoms with Crippen LogP contribution in [0.4, 0.5) is 0 Å². The van der Waals surface area contributed by atoms with Gasteiger partial charge in [-0.2, -0.15) is 0 Å². The molecule has 8 nitrogen and oxygen atoms in total. The Bertz CT molecular complexity index is 665. The molecule has 0 aliphatic rings. The number of carbonyl (C=O) groups excluding carboxylic acids is 4. The number of ether oxygens (including phenoxy) is 3. The van der Waals surface area contributed by atoms with E-state index in [0.717, 1.165) is 6.08 Å². The molecule has 0 aromatic heterocycles. The van der Waals surface area contributed by atoms with E-state index in [0.29, 0.717) is 5.75 Å². The maximum atomic E-state index is 12.4. The van der Waals surface area contributed by atoms with Crippen molar-refractivity contribution in [2.75, 3.05) is 13.2 Å². The van der Waals surface area contributed by atoms with Crippen LogP contribution in [0.2, 0.25) is 0 Å². The summed E-state index contributed by atoms with van der Waals surface area (Å²) >= 11 is 0. The lowest BCUT2D eigenvalue weighted by Crippen LogP contribution is -2.52. The number of nitrogens with zero attached hydrogens (tertiary/aromatic N) is 1. The Hall–Kier alpha value is -2.99. The van der Waals surface area contributed by atoms with Crippen LogP contribution in [0.25, 0.3) is 0 Å². The summed E-state index contributed by atoms with van der Waals surface area (Å²) in [7, 11) is 0. The molecule has 25 heavy (non-hydrogen) atoms. The lowest BCUT2D eigenvalue weighted by molar-refractivity contribution is -0.187. The molecule has 1 rings (SSSR count). The molecular formula is C17H19NO7. The highest BCUT2D eigenvalue weighted by atomic mass is 16.6. The number of Topliss-reactive ketones (excluding diaryl/α,β-unsaturated/α-hetero) is 1. The maximum absolute atomic E-state index is 12.4. The van der Waals surface area contributed by atoms with Crippen LogP contribution >= 0.6 is 0 Å². The first-order valence-electron chi connectivity index (χ1n) is 7.57. The smallest absolute Gasteiger partial charge is 0.383 e.